The molecule has 0 N–H and O–H groups in total. The summed E-state index contributed by atoms with van der Waals surface area (Å²) in [5.41, 5.74) is 3.05. The number of Topliss-reactive ketones (excluding diaryl/α,β-unsaturated/α-hetero) is 1. The minimum atomic E-state index is -0.585. The highest BCUT2D eigenvalue weighted by Crippen LogP contribution is 2.26. The molecule has 1 fully saturated rings. The Balaban J connectivity index is 1.64. The topological polar surface area (TPSA) is 51.5 Å². The van der Waals surface area contributed by atoms with Crippen LogP contribution in [0.25, 0.3) is 17.0 Å². The molecule has 0 bridgehead atoms. The third-order valence-corrected chi connectivity index (χ3v) is 5.32. The normalized spacial score (nSPS) is 16.7. The van der Waals surface area contributed by atoms with Crippen LogP contribution in [0.3, 0.4) is 0 Å². The van der Waals surface area contributed by atoms with Gasteiger partial charge in [0.05, 0.1) is 5.52 Å². The van der Waals surface area contributed by atoms with E-state index in [2.05, 4.69) is 17.0 Å². The molecule has 160 valence electrons. The van der Waals surface area contributed by atoms with Crippen molar-refractivity contribution in [2.75, 3.05) is 13.1 Å². The summed E-state index contributed by atoms with van der Waals surface area (Å²) in [6.45, 7) is 7.71. The van der Waals surface area contributed by atoms with Gasteiger partial charge in [0, 0.05) is 48.8 Å². The van der Waals surface area contributed by atoms with E-state index in [0.717, 1.165) is 35.1 Å². The summed E-state index contributed by atoms with van der Waals surface area (Å²) in [4.78, 5) is 27.7. The molecule has 1 aliphatic heterocycles. The standard InChI is InChI=1S/C26H28N2O3/c1-26(2,3)31-25(30)28-18-20(22-11-7-8-12-23(22)28)15-21-17-27(14-13-24(21)29)16-19-9-5-4-6-10-19/h4-12,15,18H,13-14,16-17H2,1-3H3/b21-15+. The minimum Gasteiger partial charge on any atom is -0.443 e. The number of piperidine rings is 1. The van der Waals surface area contributed by atoms with Gasteiger partial charge in [-0.3, -0.25) is 14.3 Å². The van der Waals surface area contributed by atoms with Crippen molar-refractivity contribution in [3.8, 4) is 0 Å². The van der Waals surface area contributed by atoms with Gasteiger partial charge in [-0.25, -0.2) is 4.79 Å². The van der Waals surface area contributed by atoms with Crippen molar-refractivity contribution in [1.82, 2.24) is 9.47 Å². The summed E-state index contributed by atoms with van der Waals surface area (Å²) in [6, 6.07) is 18.0. The molecular formula is C26H28N2O3. The first-order valence-corrected chi connectivity index (χ1v) is 10.6. The fourth-order valence-electron chi connectivity index (χ4n) is 3.90. The number of benzene rings is 2. The van der Waals surface area contributed by atoms with Gasteiger partial charge >= 0.3 is 6.09 Å². The van der Waals surface area contributed by atoms with Gasteiger partial charge in [-0.2, -0.15) is 0 Å². The van der Waals surface area contributed by atoms with Gasteiger partial charge < -0.3 is 4.74 Å². The molecule has 0 radical (unpaired) electrons. The molecule has 5 nitrogen and oxygen atoms in total. The van der Waals surface area contributed by atoms with E-state index in [0.29, 0.717) is 13.0 Å². The van der Waals surface area contributed by atoms with Crippen LogP contribution in [0.1, 0.15) is 38.3 Å². The lowest BCUT2D eigenvalue weighted by atomic mass is 9.99. The van der Waals surface area contributed by atoms with Crippen LogP contribution in [-0.2, 0) is 16.1 Å². The summed E-state index contributed by atoms with van der Waals surface area (Å²) < 4.78 is 7.10. The Morgan fingerprint density at radius 3 is 2.52 bits per heavy atom. The van der Waals surface area contributed by atoms with E-state index in [1.54, 1.807) is 6.20 Å². The second-order valence-electron chi connectivity index (χ2n) is 8.99. The quantitative estimate of drug-likeness (QED) is 0.545. The molecule has 2 aromatic carbocycles. The lowest BCUT2D eigenvalue weighted by molar-refractivity contribution is -0.117. The number of ether oxygens (including phenoxy) is 1. The molecule has 0 aliphatic carbocycles. The van der Waals surface area contributed by atoms with Crippen LogP contribution < -0.4 is 0 Å². The molecule has 0 saturated carbocycles. The summed E-state index contributed by atoms with van der Waals surface area (Å²) in [5, 5.41) is 0.925. The van der Waals surface area contributed by atoms with Gasteiger partial charge in [-0.1, -0.05) is 48.5 Å². The van der Waals surface area contributed by atoms with E-state index in [1.807, 2.05) is 69.3 Å². The number of carbonyl (C=O) groups is 2. The maximum absolute atomic E-state index is 12.7. The smallest absolute Gasteiger partial charge is 0.419 e. The van der Waals surface area contributed by atoms with Crippen LogP contribution in [0, 0.1) is 0 Å². The maximum atomic E-state index is 12.7. The van der Waals surface area contributed by atoms with Gasteiger partial charge in [0.25, 0.3) is 0 Å². The van der Waals surface area contributed by atoms with E-state index in [9.17, 15) is 9.59 Å². The van der Waals surface area contributed by atoms with E-state index >= 15 is 0 Å². The van der Waals surface area contributed by atoms with Gasteiger partial charge in [0.15, 0.2) is 5.78 Å². The molecule has 5 heteroatoms. The predicted molar refractivity (Wildman–Crippen MR) is 123 cm³/mol. The number of hydrogen-bond acceptors (Lipinski definition) is 4. The van der Waals surface area contributed by atoms with E-state index < -0.39 is 11.7 Å². The van der Waals surface area contributed by atoms with Crippen molar-refractivity contribution >= 4 is 28.9 Å². The van der Waals surface area contributed by atoms with Crippen LogP contribution in [-0.4, -0.2) is 40.0 Å². The summed E-state index contributed by atoms with van der Waals surface area (Å²) in [6.07, 6.45) is 3.79. The van der Waals surface area contributed by atoms with Crippen molar-refractivity contribution in [3.05, 3.63) is 77.5 Å². The Labute approximate surface area is 182 Å². The van der Waals surface area contributed by atoms with Crippen molar-refractivity contribution in [2.24, 2.45) is 0 Å². The second kappa shape index (κ2) is 8.52. The zero-order valence-corrected chi connectivity index (χ0v) is 18.3. The molecular weight excluding hydrogens is 388 g/mol. The molecule has 0 atom stereocenters. The van der Waals surface area contributed by atoms with Crippen LogP contribution in [0.4, 0.5) is 4.79 Å². The highest BCUT2D eigenvalue weighted by molar-refractivity contribution is 6.04. The molecule has 1 aromatic heterocycles. The zero-order valence-electron chi connectivity index (χ0n) is 18.3. The highest BCUT2D eigenvalue weighted by atomic mass is 16.6. The largest absolute Gasteiger partial charge is 0.443 e. The van der Waals surface area contributed by atoms with E-state index in [-0.39, 0.29) is 5.78 Å². The SMILES string of the molecule is CC(C)(C)OC(=O)n1cc(/C=C2\CN(Cc3ccccc3)CCC2=O)c2ccccc21. The first-order valence-electron chi connectivity index (χ1n) is 10.6. The number of para-hydroxylation sites is 1. The number of rotatable bonds is 3. The summed E-state index contributed by atoms with van der Waals surface area (Å²) in [5.74, 6) is 0.165. The number of fused-ring (bicyclic) bond motifs is 1. The average Bonchev–Trinajstić information content (AvgIpc) is 3.09. The molecule has 0 unspecified atom stereocenters. The zero-order chi connectivity index (χ0) is 22.0. The fraction of sp³-hybridized carbons (Fsp3) is 0.308. The Morgan fingerprint density at radius 2 is 1.77 bits per heavy atom. The lowest BCUT2D eigenvalue weighted by Gasteiger charge is -2.27. The second-order valence-corrected chi connectivity index (χ2v) is 8.99. The molecule has 31 heavy (non-hydrogen) atoms. The molecule has 1 saturated heterocycles. The summed E-state index contributed by atoms with van der Waals surface area (Å²) in [7, 11) is 0. The third-order valence-electron chi connectivity index (χ3n) is 5.32. The molecule has 2 heterocycles. The minimum absolute atomic E-state index is 0.165. The van der Waals surface area contributed by atoms with Gasteiger partial charge in [-0.05, 0) is 38.5 Å². The lowest BCUT2D eigenvalue weighted by Crippen LogP contribution is -2.35. The highest BCUT2D eigenvalue weighted by Gasteiger charge is 2.24. The molecule has 3 aromatic rings. The first-order chi connectivity index (χ1) is 14.8. The van der Waals surface area contributed by atoms with Gasteiger partial charge in [-0.15, -0.1) is 0 Å². The van der Waals surface area contributed by atoms with Gasteiger partial charge in [0.2, 0.25) is 0 Å². The Kier molecular flexibility index (Phi) is 5.79. The average molecular weight is 417 g/mol. The number of nitrogens with zero attached hydrogens (tertiary/aromatic N) is 2. The van der Waals surface area contributed by atoms with E-state index in [4.69, 9.17) is 4.74 Å². The molecule has 0 spiro atoms. The van der Waals surface area contributed by atoms with Crippen LogP contribution in [0.15, 0.2) is 66.4 Å². The van der Waals surface area contributed by atoms with Crippen molar-refractivity contribution in [2.45, 2.75) is 39.3 Å². The van der Waals surface area contributed by atoms with Crippen molar-refractivity contribution < 1.29 is 14.3 Å². The van der Waals surface area contributed by atoms with Crippen LogP contribution in [0.5, 0.6) is 0 Å². The Hall–Kier alpha value is -3.18. The predicted octanol–water partition coefficient (Wildman–Crippen LogP) is 5.28. The number of hydrogen-bond donors (Lipinski definition) is 0. The number of aromatic nitrogens is 1. The van der Waals surface area contributed by atoms with E-state index in [1.165, 1.54) is 10.1 Å². The van der Waals surface area contributed by atoms with Crippen molar-refractivity contribution in [1.29, 1.82) is 0 Å². The van der Waals surface area contributed by atoms with Gasteiger partial charge in [0.1, 0.15) is 5.60 Å². The molecule has 1 aliphatic rings. The Bertz CT molecular complexity index is 1140. The van der Waals surface area contributed by atoms with Crippen molar-refractivity contribution in [3.63, 3.8) is 0 Å². The monoisotopic (exact) mass is 416 g/mol. The van der Waals surface area contributed by atoms with Crippen LogP contribution in [0.2, 0.25) is 0 Å². The first kappa shape index (κ1) is 21.1. The number of carbonyl (C=O) groups excluding carboxylic acids is 2. The van der Waals surface area contributed by atoms with Crippen LogP contribution >= 0.6 is 0 Å². The fourth-order valence-corrected chi connectivity index (χ4v) is 3.90. The third kappa shape index (κ3) is 4.94. The maximum Gasteiger partial charge on any atom is 0.419 e. The number of likely N-dealkylation sites (tertiary alicyclic amines) is 1. The number of ketones is 1. The Morgan fingerprint density at radius 1 is 1.06 bits per heavy atom. The molecule has 4 rings (SSSR count). The summed E-state index contributed by atoms with van der Waals surface area (Å²) >= 11 is 0. The molecule has 0 amide bonds.